The van der Waals surface area contributed by atoms with E-state index < -0.39 is 35.4 Å². The van der Waals surface area contributed by atoms with Crippen molar-refractivity contribution in [1.82, 2.24) is 15.8 Å². The highest BCUT2D eigenvalue weighted by atomic mass is 32.1. The number of nitrogens with one attached hydrogen (secondary N) is 3. The van der Waals surface area contributed by atoms with E-state index in [9.17, 15) is 23.6 Å². The summed E-state index contributed by atoms with van der Waals surface area (Å²) in [4.78, 5) is 53.6. The Hall–Kier alpha value is -3.96. The van der Waals surface area contributed by atoms with Gasteiger partial charge in [0.1, 0.15) is 11.9 Å². The van der Waals surface area contributed by atoms with Gasteiger partial charge < -0.3 is 10.6 Å². The summed E-state index contributed by atoms with van der Waals surface area (Å²) in [7, 11) is 0. The molecule has 3 aromatic rings. The third-order valence-electron chi connectivity index (χ3n) is 5.26. The van der Waals surface area contributed by atoms with Crippen LogP contribution in [0.2, 0.25) is 0 Å². The van der Waals surface area contributed by atoms with Crippen LogP contribution in [0.25, 0.3) is 11.3 Å². The van der Waals surface area contributed by atoms with Crippen LogP contribution in [-0.2, 0) is 14.4 Å². The molecule has 9 nitrogen and oxygen atoms in total. The van der Waals surface area contributed by atoms with Gasteiger partial charge in [0, 0.05) is 22.9 Å². The second-order valence-corrected chi connectivity index (χ2v) is 8.75. The molecule has 36 heavy (non-hydrogen) atoms. The van der Waals surface area contributed by atoms with E-state index in [4.69, 9.17) is 5.21 Å². The Balaban J connectivity index is 1.65. The van der Waals surface area contributed by atoms with Crippen LogP contribution in [0, 0.1) is 5.82 Å². The first-order chi connectivity index (χ1) is 17.4. The number of unbranched alkanes of at least 4 members (excludes halogenated alkanes) is 2. The molecule has 0 aliphatic heterocycles. The standard InChI is InChI=1S/C25H25FN4O5S/c26-18-13-11-17(12-14-18)22(32)24(34)27-19(9-5-2-6-10-21(31)30-35)23(33)29-25-28-20(15-36-25)16-7-3-1-4-8-16/h1,3-4,7-8,11-15,19,35H,2,5-6,9-10H2,(H,27,34)(H,30,31)(H,28,29,33)/t19-/m0/s1. The number of benzene rings is 2. The Bertz CT molecular complexity index is 1200. The van der Waals surface area contributed by atoms with E-state index in [1.165, 1.54) is 23.5 Å². The summed E-state index contributed by atoms with van der Waals surface area (Å²) >= 11 is 1.22. The number of hydrogen-bond acceptors (Lipinski definition) is 7. The Kier molecular flexibility index (Phi) is 9.78. The van der Waals surface area contributed by atoms with Crippen molar-refractivity contribution in [3.05, 3.63) is 71.4 Å². The molecule has 0 aliphatic carbocycles. The smallest absolute Gasteiger partial charge is 0.293 e. The Labute approximate surface area is 210 Å². The Morgan fingerprint density at radius 1 is 0.972 bits per heavy atom. The lowest BCUT2D eigenvalue weighted by Gasteiger charge is -2.17. The molecule has 1 atom stereocenters. The highest BCUT2D eigenvalue weighted by Crippen LogP contribution is 2.25. The lowest BCUT2D eigenvalue weighted by atomic mass is 10.0. The number of carbonyl (C=O) groups excluding carboxylic acids is 4. The van der Waals surface area contributed by atoms with E-state index in [0.29, 0.717) is 30.1 Å². The predicted octanol–water partition coefficient (Wildman–Crippen LogP) is 3.71. The molecular formula is C25H25FN4O5S. The number of hydroxylamine groups is 1. The zero-order valence-electron chi connectivity index (χ0n) is 19.2. The van der Waals surface area contributed by atoms with Crippen LogP contribution in [-0.4, -0.2) is 39.7 Å². The van der Waals surface area contributed by atoms with Crippen molar-refractivity contribution in [1.29, 1.82) is 0 Å². The molecular weight excluding hydrogens is 487 g/mol. The van der Waals surface area contributed by atoms with Crippen molar-refractivity contribution >= 4 is 40.0 Å². The molecule has 0 saturated carbocycles. The van der Waals surface area contributed by atoms with Crippen molar-refractivity contribution in [2.75, 3.05) is 5.32 Å². The molecule has 11 heteroatoms. The number of rotatable bonds is 12. The number of ketones is 1. The minimum absolute atomic E-state index is 0.00417. The van der Waals surface area contributed by atoms with E-state index in [0.717, 1.165) is 17.7 Å². The lowest BCUT2D eigenvalue weighted by Crippen LogP contribution is -2.46. The number of hydrogen-bond donors (Lipinski definition) is 4. The molecule has 188 valence electrons. The number of anilines is 1. The van der Waals surface area contributed by atoms with E-state index >= 15 is 0 Å². The van der Waals surface area contributed by atoms with E-state index in [2.05, 4.69) is 15.6 Å². The SMILES string of the molecule is O=C(CCCCC[C@H](NC(=O)C(=O)c1ccc(F)cc1)C(=O)Nc1nc(-c2ccccc2)cs1)NO. The maximum absolute atomic E-state index is 13.2. The summed E-state index contributed by atoms with van der Waals surface area (Å²) in [6, 6.07) is 12.9. The van der Waals surface area contributed by atoms with Crippen molar-refractivity contribution < 1.29 is 28.8 Å². The fourth-order valence-electron chi connectivity index (χ4n) is 3.36. The molecule has 1 heterocycles. The maximum Gasteiger partial charge on any atom is 0.293 e. The Morgan fingerprint density at radius 2 is 1.69 bits per heavy atom. The molecule has 0 spiro atoms. The number of nitrogens with zero attached hydrogens (tertiary/aromatic N) is 1. The van der Waals surface area contributed by atoms with Gasteiger partial charge in [-0.15, -0.1) is 11.3 Å². The molecule has 4 N–H and O–H groups in total. The Morgan fingerprint density at radius 3 is 2.39 bits per heavy atom. The summed E-state index contributed by atoms with van der Waals surface area (Å²) in [5.74, 6) is -3.49. The average Bonchev–Trinajstić information content (AvgIpc) is 3.36. The van der Waals surface area contributed by atoms with Gasteiger partial charge in [-0.05, 0) is 37.1 Å². The molecule has 3 rings (SSSR count). The van der Waals surface area contributed by atoms with Crippen LogP contribution < -0.4 is 16.1 Å². The maximum atomic E-state index is 13.2. The topological polar surface area (TPSA) is 137 Å². The molecule has 2 aromatic carbocycles. The van der Waals surface area contributed by atoms with E-state index in [-0.39, 0.29) is 18.4 Å². The van der Waals surface area contributed by atoms with Gasteiger partial charge in [0.25, 0.3) is 5.91 Å². The molecule has 0 aliphatic rings. The van der Waals surface area contributed by atoms with Crippen LogP contribution in [0.1, 0.15) is 42.5 Å². The van der Waals surface area contributed by atoms with Crippen LogP contribution in [0.5, 0.6) is 0 Å². The van der Waals surface area contributed by atoms with Crippen LogP contribution >= 0.6 is 11.3 Å². The second kappa shape index (κ2) is 13.2. The number of aromatic nitrogens is 1. The van der Waals surface area contributed by atoms with Crippen molar-refractivity contribution in [3.8, 4) is 11.3 Å². The van der Waals surface area contributed by atoms with Gasteiger partial charge in [-0.25, -0.2) is 14.9 Å². The fraction of sp³-hybridized carbons (Fsp3) is 0.240. The number of amides is 3. The first-order valence-electron chi connectivity index (χ1n) is 11.2. The fourth-order valence-corrected chi connectivity index (χ4v) is 4.08. The molecule has 0 fully saturated rings. The van der Waals surface area contributed by atoms with Crippen LogP contribution in [0.3, 0.4) is 0 Å². The zero-order valence-corrected chi connectivity index (χ0v) is 20.0. The van der Waals surface area contributed by atoms with Crippen LogP contribution in [0.15, 0.2) is 60.0 Å². The average molecular weight is 513 g/mol. The van der Waals surface area contributed by atoms with Gasteiger partial charge >= 0.3 is 0 Å². The molecule has 0 unspecified atom stereocenters. The third-order valence-corrected chi connectivity index (χ3v) is 6.02. The minimum atomic E-state index is -1.04. The van der Waals surface area contributed by atoms with E-state index in [1.54, 1.807) is 10.9 Å². The van der Waals surface area contributed by atoms with Gasteiger partial charge in [-0.3, -0.25) is 24.4 Å². The van der Waals surface area contributed by atoms with Crippen LogP contribution in [0.4, 0.5) is 9.52 Å². The summed E-state index contributed by atoms with van der Waals surface area (Å²) < 4.78 is 13.2. The van der Waals surface area contributed by atoms with Crippen molar-refractivity contribution in [3.63, 3.8) is 0 Å². The predicted molar refractivity (Wildman–Crippen MR) is 132 cm³/mol. The first-order valence-corrected chi connectivity index (χ1v) is 12.1. The molecule has 1 aromatic heterocycles. The summed E-state index contributed by atoms with van der Waals surface area (Å²) in [5.41, 5.74) is 3.12. The monoisotopic (exact) mass is 512 g/mol. The summed E-state index contributed by atoms with van der Waals surface area (Å²) in [6.45, 7) is 0. The first kappa shape index (κ1) is 26.6. The highest BCUT2D eigenvalue weighted by Gasteiger charge is 2.25. The quantitative estimate of drug-likeness (QED) is 0.0960. The number of thiazole rings is 1. The van der Waals surface area contributed by atoms with Crippen molar-refractivity contribution in [2.24, 2.45) is 0 Å². The molecule has 0 radical (unpaired) electrons. The lowest BCUT2D eigenvalue weighted by molar-refractivity contribution is -0.129. The minimum Gasteiger partial charge on any atom is -0.337 e. The molecule has 0 bridgehead atoms. The largest absolute Gasteiger partial charge is 0.337 e. The van der Waals surface area contributed by atoms with Gasteiger partial charge in [0.2, 0.25) is 17.6 Å². The summed E-state index contributed by atoms with van der Waals surface area (Å²) in [5, 5.41) is 15.8. The van der Waals surface area contributed by atoms with Gasteiger partial charge in [0.15, 0.2) is 5.13 Å². The molecule has 3 amide bonds. The van der Waals surface area contributed by atoms with Gasteiger partial charge in [0.05, 0.1) is 5.69 Å². The van der Waals surface area contributed by atoms with E-state index in [1.807, 2.05) is 30.3 Å². The zero-order chi connectivity index (χ0) is 25.9. The normalized spacial score (nSPS) is 11.4. The number of carbonyl (C=O) groups is 4. The number of Topliss-reactive ketones (excluding diaryl/α,β-unsaturated/α-hetero) is 1. The second-order valence-electron chi connectivity index (χ2n) is 7.89. The van der Waals surface area contributed by atoms with Gasteiger partial charge in [-0.2, -0.15) is 0 Å². The van der Waals surface area contributed by atoms with Crippen molar-refractivity contribution in [2.45, 2.75) is 38.1 Å². The number of halogens is 1. The summed E-state index contributed by atoms with van der Waals surface area (Å²) in [6.07, 6.45) is 1.80. The highest BCUT2D eigenvalue weighted by molar-refractivity contribution is 7.14. The van der Waals surface area contributed by atoms with Gasteiger partial charge in [-0.1, -0.05) is 43.2 Å². The third kappa shape index (κ3) is 7.79. The molecule has 0 saturated heterocycles.